The molecular formula is C20H22O4. The van der Waals surface area contributed by atoms with Crippen LogP contribution in [0.3, 0.4) is 0 Å². The lowest BCUT2D eigenvalue weighted by molar-refractivity contribution is -0.141. The molecule has 2 aromatic rings. The Bertz CT molecular complexity index is 699. The number of hydrogen-bond donors (Lipinski definition) is 0. The molecule has 0 aliphatic heterocycles. The van der Waals surface area contributed by atoms with Crippen molar-refractivity contribution in [3.05, 3.63) is 65.2 Å². The summed E-state index contributed by atoms with van der Waals surface area (Å²) in [5.74, 6) is -0.783. The summed E-state index contributed by atoms with van der Waals surface area (Å²) in [6.07, 6.45) is 0. The van der Waals surface area contributed by atoms with Gasteiger partial charge in [0.15, 0.2) is 5.78 Å². The van der Waals surface area contributed by atoms with Gasteiger partial charge in [0.25, 0.3) is 0 Å². The molecule has 0 bridgehead atoms. The summed E-state index contributed by atoms with van der Waals surface area (Å²) >= 11 is 0. The second-order valence-corrected chi connectivity index (χ2v) is 5.87. The van der Waals surface area contributed by atoms with Crippen molar-refractivity contribution in [2.75, 3.05) is 14.2 Å². The summed E-state index contributed by atoms with van der Waals surface area (Å²) in [6, 6.07) is 14.2. The fraction of sp³-hybridized carbons (Fsp3) is 0.300. The minimum Gasteiger partial charge on any atom is -0.497 e. The van der Waals surface area contributed by atoms with Gasteiger partial charge in [-0.1, -0.05) is 50.2 Å². The highest BCUT2D eigenvalue weighted by molar-refractivity contribution is 6.12. The van der Waals surface area contributed by atoms with E-state index in [4.69, 9.17) is 9.47 Å². The minimum atomic E-state index is -0.981. The summed E-state index contributed by atoms with van der Waals surface area (Å²) in [5, 5.41) is 0. The third kappa shape index (κ3) is 3.82. The first-order valence-electron chi connectivity index (χ1n) is 7.84. The van der Waals surface area contributed by atoms with Crippen LogP contribution in [0.5, 0.6) is 5.75 Å². The average molecular weight is 326 g/mol. The first-order chi connectivity index (χ1) is 11.5. The first kappa shape index (κ1) is 17.7. The van der Waals surface area contributed by atoms with Crippen LogP contribution in [0.15, 0.2) is 48.5 Å². The third-order valence-electron chi connectivity index (χ3n) is 4.01. The summed E-state index contributed by atoms with van der Waals surface area (Å²) in [6.45, 7) is 4.18. The quantitative estimate of drug-likeness (QED) is 0.458. The highest BCUT2D eigenvalue weighted by atomic mass is 16.5. The maximum absolute atomic E-state index is 12.8. The number of hydrogen-bond acceptors (Lipinski definition) is 4. The van der Waals surface area contributed by atoms with Crippen molar-refractivity contribution < 1.29 is 19.1 Å². The summed E-state index contributed by atoms with van der Waals surface area (Å²) in [5.41, 5.74) is 2.22. The molecule has 24 heavy (non-hydrogen) atoms. The lowest BCUT2D eigenvalue weighted by Gasteiger charge is -2.15. The van der Waals surface area contributed by atoms with E-state index in [1.54, 1.807) is 43.5 Å². The molecule has 0 aliphatic rings. The summed E-state index contributed by atoms with van der Waals surface area (Å²) < 4.78 is 9.95. The molecule has 0 heterocycles. The molecule has 0 saturated heterocycles. The van der Waals surface area contributed by atoms with Gasteiger partial charge >= 0.3 is 5.97 Å². The second kappa shape index (κ2) is 7.77. The third-order valence-corrected chi connectivity index (χ3v) is 4.01. The number of methoxy groups -OCH3 is 2. The fourth-order valence-electron chi connectivity index (χ4n) is 2.51. The van der Waals surface area contributed by atoms with E-state index in [-0.39, 0.29) is 5.78 Å². The normalized spacial score (nSPS) is 11.9. The standard InChI is InChI=1S/C20H22O4/c1-13(2)14-5-7-16(8-6-14)19(21)18(20(22)24-4)15-9-11-17(23-3)12-10-15/h5-13,18H,1-4H3. The van der Waals surface area contributed by atoms with E-state index in [1.165, 1.54) is 7.11 Å². The van der Waals surface area contributed by atoms with Crippen LogP contribution >= 0.6 is 0 Å². The smallest absolute Gasteiger partial charge is 0.321 e. The van der Waals surface area contributed by atoms with Crippen molar-refractivity contribution in [1.29, 1.82) is 0 Å². The molecule has 0 aromatic heterocycles. The van der Waals surface area contributed by atoms with Crippen LogP contribution in [0.1, 0.15) is 47.2 Å². The van der Waals surface area contributed by atoms with Crippen LogP contribution in [0.25, 0.3) is 0 Å². The van der Waals surface area contributed by atoms with E-state index >= 15 is 0 Å². The topological polar surface area (TPSA) is 52.6 Å². The number of ketones is 1. The van der Waals surface area contributed by atoms with Gasteiger partial charge in [0, 0.05) is 5.56 Å². The van der Waals surface area contributed by atoms with Crippen molar-refractivity contribution in [2.45, 2.75) is 25.7 Å². The number of rotatable bonds is 6. The SMILES string of the molecule is COC(=O)C(C(=O)c1ccc(C(C)C)cc1)c1ccc(OC)cc1. The lowest BCUT2D eigenvalue weighted by atomic mass is 9.89. The highest BCUT2D eigenvalue weighted by Gasteiger charge is 2.30. The number of benzene rings is 2. The molecule has 126 valence electrons. The van der Waals surface area contributed by atoms with E-state index in [2.05, 4.69) is 13.8 Å². The van der Waals surface area contributed by atoms with Crippen molar-refractivity contribution in [3.8, 4) is 5.75 Å². The van der Waals surface area contributed by atoms with Crippen molar-refractivity contribution in [1.82, 2.24) is 0 Å². The molecule has 1 atom stereocenters. The van der Waals surface area contributed by atoms with E-state index in [1.807, 2.05) is 12.1 Å². The van der Waals surface area contributed by atoms with Crippen LogP contribution in [-0.4, -0.2) is 26.0 Å². The lowest BCUT2D eigenvalue weighted by Crippen LogP contribution is -2.23. The molecule has 0 N–H and O–H groups in total. The van der Waals surface area contributed by atoms with Gasteiger partial charge in [0.1, 0.15) is 11.7 Å². The van der Waals surface area contributed by atoms with Gasteiger partial charge in [-0.3, -0.25) is 9.59 Å². The molecule has 4 heteroatoms. The molecule has 0 radical (unpaired) electrons. The first-order valence-corrected chi connectivity index (χ1v) is 7.84. The number of carbonyl (C=O) groups excluding carboxylic acids is 2. The molecule has 0 fully saturated rings. The Kier molecular flexibility index (Phi) is 5.74. The zero-order valence-corrected chi connectivity index (χ0v) is 14.4. The molecule has 0 saturated carbocycles. The Morgan fingerprint density at radius 2 is 1.38 bits per heavy atom. The largest absolute Gasteiger partial charge is 0.497 e. The molecule has 4 nitrogen and oxygen atoms in total. The number of carbonyl (C=O) groups is 2. The maximum atomic E-state index is 12.8. The van der Waals surface area contributed by atoms with Crippen LogP contribution in [-0.2, 0) is 9.53 Å². The van der Waals surface area contributed by atoms with Crippen molar-refractivity contribution in [2.24, 2.45) is 0 Å². The Labute approximate surface area is 142 Å². The molecule has 0 aliphatic carbocycles. The predicted octanol–water partition coefficient (Wildman–Crippen LogP) is 3.96. The Morgan fingerprint density at radius 1 is 0.833 bits per heavy atom. The van der Waals surface area contributed by atoms with Crippen LogP contribution < -0.4 is 4.74 Å². The zero-order valence-electron chi connectivity index (χ0n) is 14.4. The summed E-state index contributed by atoms with van der Waals surface area (Å²) in [4.78, 5) is 25.0. The number of ether oxygens (including phenoxy) is 2. The minimum absolute atomic E-state index is 0.276. The van der Waals surface area contributed by atoms with Crippen molar-refractivity contribution >= 4 is 11.8 Å². The van der Waals surface area contributed by atoms with Gasteiger partial charge in [-0.15, -0.1) is 0 Å². The van der Waals surface area contributed by atoms with Crippen LogP contribution in [0.4, 0.5) is 0 Å². The zero-order chi connectivity index (χ0) is 17.7. The van der Waals surface area contributed by atoms with Gasteiger partial charge in [0.2, 0.25) is 0 Å². The van der Waals surface area contributed by atoms with Gasteiger partial charge in [-0.25, -0.2) is 0 Å². The van der Waals surface area contributed by atoms with E-state index in [0.29, 0.717) is 22.8 Å². The molecular weight excluding hydrogens is 304 g/mol. The number of Topliss-reactive ketones (excluding diaryl/α,β-unsaturated/α-hetero) is 1. The molecule has 0 spiro atoms. The Balaban J connectivity index is 2.35. The summed E-state index contributed by atoms with van der Waals surface area (Å²) in [7, 11) is 2.85. The maximum Gasteiger partial charge on any atom is 0.321 e. The molecule has 0 amide bonds. The monoisotopic (exact) mass is 326 g/mol. The molecule has 2 rings (SSSR count). The fourth-order valence-corrected chi connectivity index (χ4v) is 2.51. The van der Waals surface area contributed by atoms with Crippen molar-refractivity contribution in [3.63, 3.8) is 0 Å². The van der Waals surface area contributed by atoms with Gasteiger partial charge in [0.05, 0.1) is 14.2 Å². The highest BCUT2D eigenvalue weighted by Crippen LogP contribution is 2.25. The van der Waals surface area contributed by atoms with Gasteiger partial charge in [-0.05, 0) is 29.2 Å². The second-order valence-electron chi connectivity index (χ2n) is 5.87. The Morgan fingerprint density at radius 3 is 1.83 bits per heavy atom. The van der Waals surface area contributed by atoms with Gasteiger partial charge < -0.3 is 9.47 Å². The van der Waals surface area contributed by atoms with Crippen LogP contribution in [0, 0.1) is 0 Å². The van der Waals surface area contributed by atoms with E-state index in [9.17, 15) is 9.59 Å². The average Bonchev–Trinajstić information content (AvgIpc) is 2.62. The number of esters is 1. The Hall–Kier alpha value is -2.62. The predicted molar refractivity (Wildman–Crippen MR) is 92.6 cm³/mol. The molecule has 1 unspecified atom stereocenters. The van der Waals surface area contributed by atoms with E-state index in [0.717, 1.165) is 5.56 Å². The van der Waals surface area contributed by atoms with Crippen LogP contribution in [0.2, 0.25) is 0 Å². The van der Waals surface area contributed by atoms with E-state index < -0.39 is 11.9 Å². The molecule has 2 aromatic carbocycles. The van der Waals surface area contributed by atoms with Gasteiger partial charge in [-0.2, -0.15) is 0 Å².